The first-order valence-corrected chi connectivity index (χ1v) is 35.8. The van der Waals surface area contributed by atoms with Crippen molar-refractivity contribution in [1.82, 2.24) is 35.9 Å². The van der Waals surface area contributed by atoms with Gasteiger partial charge < -0.3 is 53.5 Å². The van der Waals surface area contributed by atoms with E-state index in [4.69, 9.17) is 44.0 Å². The highest BCUT2D eigenvalue weighted by Crippen LogP contribution is 2.40. The molecule has 0 aromatic heterocycles. The maximum Gasteiger partial charge on any atom is 0.524 e. The lowest BCUT2D eigenvalue weighted by Crippen LogP contribution is -2.42. The zero-order valence-corrected chi connectivity index (χ0v) is 56.2. The smallest absolute Gasteiger partial charge is 0.404 e. The van der Waals surface area contributed by atoms with Gasteiger partial charge in [0.15, 0.2) is 0 Å². The molecule has 11 N–H and O–H groups in total. The normalized spacial score (nSPS) is 13.0. The van der Waals surface area contributed by atoms with Crippen LogP contribution in [-0.4, -0.2) is 182 Å². The molecule has 2 aliphatic heterocycles. The molecule has 2 saturated heterocycles. The summed E-state index contributed by atoms with van der Waals surface area (Å²) in [5.74, 6) is -9.19. The molecule has 42 heteroatoms. The number of hydroxylamine groups is 4. The second-order valence-corrected chi connectivity index (χ2v) is 26.2. The first-order valence-electron chi connectivity index (χ1n) is 29.7. The molecule has 0 saturated carbocycles. The zero-order chi connectivity index (χ0) is 74.0. The molecule has 4 aromatic rings. The summed E-state index contributed by atoms with van der Waals surface area (Å²) in [4.78, 5) is 243. The fourth-order valence-electron chi connectivity index (χ4n) is 8.97. The third kappa shape index (κ3) is 33.5. The molecule has 0 unspecified atom stereocenters. The number of Topliss-reactive ketones (excluding diaryl/α,β-unsaturated/α-hetero) is 2. The molecule has 0 atom stereocenters. The minimum absolute atomic E-state index is 0. The topological polar surface area (TPSA) is 556 Å². The Morgan fingerprint density at radius 3 is 0.980 bits per heavy atom. The number of carbonyl (C=O) groups is 13. The molecule has 550 valence electrons. The number of phosphoric acid groups is 4. The first-order chi connectivity index (χ1) is 46.8. The summed E-state index contributed by atoms with van der Waals surface area (Å²) in [7, 11) is -19.0. The van der Waals surface area contributed by atoms with Crippen LogP contribution in [0.1, 0.15) is 93.9 Å². The van der Waals surface area contributed by atoms with Crippen LogP contribution < -0.4 is 34.0 Å². The Labute approximate surface area is 574 Å². The van der Waals surface area contributed by atoms with Crippen molar-refractivity contribution in [2.75, 3.05) is 45.8 Å². The largest absolute Gasteiger partial charge is 0.524 e. The van der Waals surface area contributed by atoms with Crippen LogP contribution in [0.4, 0.5) is 0 Å². The summed E-state index contributed by atoms with van der Waals surface area (Å²) in [6.45, 7) is -1.04. The predicted octanol–water partition coefficient (Wildman–Crippen LogP) is 1.16. The van der Waals surface area contributed by atoms with E-state index in [9.17, 15) is 80.6 Å². The summed E-state index contributed by atoms with van der Waals surface area (Å²) in [6, 6.07) is 21.9. The number of nitrogens with zero attached hydrogens (tertiary/aromatic N) is 4. The number of rotatable bonds is 38. The number of ketones is 2. The average molecular weight is 1500 g/mol. The number of imide groups is 2. The van der Waals surface area contributed by atoms with E-state index in [2.05, 4.69) is 38.9 Å². The Morgan fingerprint density at radius 2 is 0.673 bits per heavy atom. The lowest BCUT2D eigenvalue weighted by atomic mass is 10.1. The molecule has 2 heterocycles. The lowest BCUT2D eigenvalue weighted by Gasteiger charge is -2.23. The Morgan fingerprint density at radius 1 is 0.386 bits per heavy atom. The zero-order valence-electron chi connectivity index (χ0n) is 52.6. The van der Waals surface area contributed by atoms with Crippen LogP contribution >= 0.6 is 31.3 Å². The Kier molecular flexibility index (Phi) is 32.9. The van der Waals surface area contributed by atoms with E-state index in [1.807, 2.05) is 0 Å². The van der Waals surface area contributed by atoms with Gasteiger partial charge in [-0.05, 0) is 83.6 Å². The van der Waals surface area contributed by atoms with E-state index in [1.165, 1.54) is 107 Å². The maximum absolute atomic E-state index is 13.1. The molecule has 0 spiro atoms. The lowest BCUT2D eigenvalue weighted by molar-refractivity contribution is -0.198. The second kappa shape index (κ2) is 39.5. The average Bonchev–Trinajstić information content (AvgIpc) is 1.45. The molecular formula is C59H73N7O31P4. The maximum atomic E-state index is 13.1. The quantitative estimate of drug-likeness (QED) is 0.0170. The summed E-state index contributed by atoms with van der Waals surface area (Å²) in [5, 5.41) is 8.03. The number of amides is 9. The molecule has 2 aliphatic rings. The van der Waals surface area contributed by atoms with Gasteiger partial charge in [-0.15, -0.1) is 10.1 Å². The van der Waals surface area contributed by atoms with Crippen LogP contribution in [0.15, 0.2) is 97.1 Å². The van der Waals surface area contributed by atoms with Crippen molar-refractivity contribution in [3.8, 4) is 23.0 Å². The van der Waals surface area contributed by atoms with Crippen LogP contribution in [-0.2, 0) is 116 Å². The van der Waals surface area contributed by atoms with Crippen LogP contribution in [0.2, 0.25) is 0 Å². The highest BCUT2D eigenvalue weighted by molar-refractivity contribution is 7.47. The fraction of sp³-hybridized carbons (Fsp3) is 0.373. The van der Waals surface area contributed by atoms with Crippen molar-refractivity contribution < 1.29 is 148 Å². The monoisotopic (exact) mass is 1500 g/mol. The van der Waals surface area contributed by atoms with Gasteiger partial charge in [0, 0.05) is 90.6 Å². The number of carbonyl (C=O) groups excluding carboxylic acids is 13. The van der Waals surface area contributed by atoms with E-state index in [-0.39, 0.29) is 158 Å². The summed E-state index contributed by atoms with van der Waals surface area (Å²) in [5.41, 5.74) is 2.07. The van der Waals surface area contributed by atoms with Gasteiger partial charge in [-0.1, -0.05) is 56.0 Å². The number of hydrogen-bond donors (Lipinski definition) is 11. The third-order valence-corrected chi connectivity index (χ3v) is 15.2. The van der Waals surface area contributed by atoms with Gasteiger partial charge in [0.2, 0.25) is 29.5 Å². The summed E-state index contributed by atoms with van der Waals surface area (Å²) >= 11 is 0. The molecule has 0 radical (unpaired) electrons. The minimum Gasteiger partial charge on any atom is -0.404 e. The van der Waals surface area contributed by atoms with Crippen LogP contribution in [0, 0.1) is 0 Å². The summed E-state index contributed by atoms with van der Waals surface area (Å²) in [6.07, 6.45) is -2.01. The minimum atomic E-state index is -4.75. The van der Waals surface area contributed by atoms with E-state index < -0.39 is 116 Å². The molecule has 6 rings (SSSR count). The molecule has 101 heavy (non-hydrogen) atoms. The predicted molar refractivity (Wildman–Crippen MR) is 342 cm³/mol. The molecule has 9 amide bonds. The van der Waals surface area contributed by atoms with Gasteiger partial charge in [0.05, 0.1) is 12.8 Å². The molecule has 4 aromatic carbocycles. The van der Waals surface area contributed by atoms with Gasteiger partial charge >= 0.3 is 43.2 Å². The molecular weight excluding hydrogens is 1430 g/mol. The van der Waals surface area contributed by atoms with Gasteiger partial charge in [-0.3, -0.25) is 91.9 Å². The van der Waals surface area contributed by atoms with Crippen molar-refractivity contribution in [3.05, 3.63) is 119 Å². The second-order valence-electron chi connectivity index (χ2n) is 21.6. The standard InChI is InChI=1S/C30H36N4O16P2.C28H33N3O15P2.CH4/c35-22(16-20-3-7-23(8-4-20)49-51(42,43)44)2-1-14-33(15-13-31-25(36)17-21-5-9-24(10-6-21)50-52(45,46)47)29(40)18-26(37)32-19-30(41)48-34-27(38)11-12-28(34)39;32-21(16-19-3-7-22(8-4-19)45-47(38,39)40)2-1-14-30(27(36)18-28(37)44-31-25(34)11-12-26(31)35)15-13-29-24(33)17-20-5-9-23(10-6-20)46-48(41,42)43;/h3-10H,1-2,11-19H2,(H,31,36)(H,32,37)(H2,42,43,44)(H2,45,46,47);3-10H,1-2,11-18H2,(H,29,33)(H2,38,39,40)(H2,41,42,43);1H4. The summed E-state index contributed by atoms with van der Waals surface area (Å²) < 4.78 is 61.7. The van der Waals surface area contributed by atoms with E-state index >= 15 is 0 Å². The first kappa shape index (κ1) is 84.0. The molecule has 2 fully saturated rings. The number of hydrogen-bond acceptors (Lipinski definition) is 23. The van der Waals surface area contributed by atoms with Gasteiger partial charge in [-0.25, -0.2) is 27.8 Å². The molecule has 38 nitrogen and oxygen atoms in total. The third-order valence-electron chi connectivity index (χ3n) is 13.4. The highest BCUT2D eigenvalue weighted by Gasteiger charge is 2.35. The number of phosphoric ester groups is 4. The Bertz CT molecular complexity index is 3630. The van der Waals surface area contributed by atoms with E-state index in [0.29, 0.717) is 32.4 Å². The Balaban J connectivity index is 0.000000425. The molecule has 0 bridgehead atoms. The van der Waals surface area contributed by atoms with Crippen LogP contribution in [0.3, 0.4) is 0 Å². The van der Waals surface area contributed by atoms with Crippen LogP contribution in [0.25, 0.3) is 0 Å². The van der Waals surface area contributed by atoms with E-state index in [1.54, 1.807) is 0 Å². The number of benzene rings is 4. The van der Waals surface area contributed by atoms with Crippen molar-refractivity contribution in [1.29, 1.82) is 0 Å². The van der Waals surface area contributed by atoms with Gasteiger partial charge in [0.1, 0.15) is 54.0 Å². The van der Waals surface area contributed by atoms with Crippen molar-refractivity contribution in [2.45, 2.75) is 97.3 Å². The van der Waals surface area contributed by atoms with Gasteiger partial charge in [-0.2, -0.15) is 0 Å². The van der Waals surface area contributed by atoms with Crippen molar-refractivity contribution in [2.24, 2.45) is 0 Å². The Hall–Kier alpha value is -9.41. The molecule has 0 aliphatic carbocycles. The van der Waals surface area contributed by atoms with Crippen molar-refractivity contribution >= 4 is 108 Å². The van der Waals surface area contributed by atoms with Crippen molar-refractivity contribution in [3.63, 3.8) is 0 Å². The van der Waals surface area contributed by atoms with E-state index in [0.717, 1.165) is 0 Å². The van der Waals surface area contributed by atoms with Crippen LogP contribution in [0.5, 0.6) is 23.0 Å². The SMILES string of the molecule is C.O=C(CCCN(CCNC(=O)Cc1ccc(OP(=O)(O)O)cc1)C(=O)CC(=O)NCC(=O)ON1C(=O)CCC1=O)Cc1ccc(OP(=O)(O)O)cc1.O=C(CCCN(CCNC(=O)Cc1ccc(OP(=O)(O)O)cc1)C(=O)CC(=O)ON1C(=O)CCC1=O)Cc1ccc(OP(=O)(O)O)cc1. The number of nitrogens with one attached hydrogen (secondary N) is 3. The van der Waals surface area contributed by atoms with Gasteiger partial charge in [0.25, 0.3) is 23.6 Å². The fourth-order valence-corrected chi connectivity index (χ4v) is 10.6. The highest BCUT2D eigenvalue weighted by atomic mass is 31.2.